The average molecular weight is 477 g/mol. The van der Waals surface area contributed by atoms with Crippen molar-refractivity contribution in [3.05, 3.63) is 51.1 Å². The SMILES string of the molecule is O=C1CC(C(=O)N(CCc2cccs2)C2CCOCC2)CN1c1cccc(Br)c1. The van der Waals surface area contributed by atoms with E-state index in [2.05, 4.69) is 27.4 Å². The van der Waals surface area contributed by atoms with Gasteiger partial charge in [0, 0.05) is 53.8 Å². The molecule has 0 aliphatic carbocycles. The molecule has 1 unspecified atom stereocenters. The maximum Gasteiger partial charge on any atom is 0.228 e. The van der Waals surface area contributed by atoms with Crippen LogP contribution in [-0.2, 0) is 20.7 Å². The van der Waals surface area contributed by atoms with E-state index in [1.54, 1.807) is 16.2 Å². The molecule has 0 radical (unpaired) electrons. The van der Waals surface area contributed by atoms with E-state index in [1.165, 1.54) is 4.88 Å². The van der Waals surface area contributed by atoms with Gasteiger partial charge in [-0.3, -0.25) is 9.59 Å². The fourth-order valence-electron chi connectivity index (χ4n) is 4.16. The lowest BCUT2D eigenvalue weighted by molar-refractivity contribution is -0.139. The van der Waals surface area contributed by atoms with E-state index in [-0.39, 0.29) is 30.2 Å². The number of nitrogens with zero attached hydrogens (tertiary/aromatic N) is 2. The molecule has 5 nitrogen and oxygen atoms in total. The first-order chi connectivity index (χ1) is 14.1. The lowest BCUT2D eigenvalue weighted by Gasteiger charge is -2.36. The van der Waals surface area contributed by atoms with Gasteiger partial charge in [-0.1, -0.05) is 28.1 Å². The third kappa shape index (κ3) is 4.90. The zero-order chi connectivity index (χ0) is 20.2. The highest BCUT2D eigenvalue weighted by Gasteiger charge is 2.39. The molecule has 3 heterocycles. The lowest BCUT2D eigenvalue weighted by atomic mass is 10.0. The van der Waals surface area contributed by atoms with Crippen molar-refractivity contribution in [1.29, 1.82) is 0 Å². The molecule has 1 atom stereocenters. The Labute approximate surface area is 183 Å². The number of rotatable bonds is 6. The van der Waals surface area contributed by atoms with Crippen LogP contribution in [0.1, 0.15) is 24.1 Å². The van der Waals surface area contributed by atoms with Crippen molar-refractivity contribution in [3.8, 4) is 0 Å². The standard InChI is InChI=1S/C22H25BrN2O3S/c23-17-3-1-4-19(14-17)25-15-16(13-21(25)26)22(27)24(18-7-10-28-11-8-18)9-6-20-5-2-12-29-20/h1-5,12,14,16,18H,6-11,13,15H2. The second-order valence-electron chi connectivity index (χ2n) is 7.59. The molecule has 2 aromatic rings. The molecule has 154 valence electrons. The van der Waals surface area contributed by atoms with E-state index < -0.39 is 0 Å². The molecule has 7 heteroatoms. The number of hydrogen-bond acceptors (Lipinski definition) is 4. The second kappa shape index (κ2) is 9.41. The van der Waals surface area contributed by atoms with E-state index in [1.807, 2.05) is 35.2 Å². The smallest absolute Gasteiger partial charge is 0.228 e. The predicted molar refractivity (Wildman–Crippen MR) is 118 cm³/mol. The summed E-state index contributed by atoms with van der Waals surface area (Å²) in [6, 6.07) is 12.1. The fourth-order valence-corrected chi connectivity index (χ4v) is 5.24. The first kappa shape index (κ1) is 20.6. The van der Waals surface area contributed by atoms with Gasteiger partial charge < -0.3 is 14.5 Å². The highest BCUT2D eigenvalue weighted by molar-refractivity contribution is 9.10. The molecule has 0 bridgehead atoms. The van der Waals surface area contributed by atoms with Crippen molar-refractivity contribution in [3.63, 3.8) is 0 Å². The number of carbonyl (C=O) groups is 2. The number of carbonyl (C=O) groups excluding carboxylic acids is 2. The Morgan fingerprint density at radius 3 is 2.79 bits per heavy atom. The normalized spacial score (nSPS) is 20.2. The van der Waals surface area contributed by atoms with Crippen LogP contribution in [0, 0.1) is 5.92 Å². The highest BCUT2D eigenvalue weighted by Crippen LogP contribution is 2.29. The molecule has 2 amide bonds. The third-order valence-electron chi connectivity index (χ3n) is 5.69. The van der Waals surface area contributed by atoms with Gasteiger partial charge in [0.15, 0.2) is 0 Å². The lowest BCUT2D eigenvalue weighted by Crippen LogP contribution is -2.47. The topological polar surface area (TPSA) is 49.9 Å². The van der Waals surface area contributed by atoms with Crippen LogP contribution in [0.25, 0.3) is 0 Å². The first-order valence-corrected chi connectivity index (χ1v) is 11.8. The van der Waals surface area contributed by atoms with Gasteiger partial charge in [-0.25, -0.2) is 0 Å². The second-order valence-corrected chi connectivity index (χ2v) is 9.54. The van der Waals surface area contributed by atoms with Crippen molar-refractivity contribution in [2.45, 2.75) is 31.7 Å². The summed E-state index contributed by atoms with van der Waals surface area (Å²) in [5.74, 6) is -0.154. The molecule has 2 fully saturated rings. The molecule has 2 saturated heterocycles. The third-order valence-corrected chi connectivity index (χ3v) is 7.12. The minimum atomic E-state index is -0.285. The minimum Gasteiger partial charge on any atom is -0.381 e. The van der Waals surface area contributed by atoms with Crippen LogP contribution in [0.4, 0.5) is 5.69 Å². The molecule has 2 aliphatic heterocycles. The van der Waals surface area contributed by atoms with E-state index in [4.69, 9.17) is 4.74 Å². The zero-order valence-electron chi connectivity index (χ0n) is 16.3. The minimum absolute atomic E-state index is 0.0200. The molecule has 0 N–H and O–H groups in total. The quantitative estimate of drug-likeness (QED) is 0.629. The highest BCUT2D eigenvalue weighted by atomic mass is 79.9. The van der Waals surface area contributed by atoms with Gasteiger partial charge in [0.2, 0.25) is 11.8 Å². The van der Waals surface area contributed by atoms with Crippen LogP contribution < -0.4 is 4.90 Å². The molecule has 1 aromatic heterocycles. The van der Waals surface area contributed by atoms with Crippen LogP contribution in [0.15, 0.2) is 46.3 Å². The number of thiophene rings is 1. The summed E-state index contributed by atoms with van der Waals surface area (Å²) in [6.45, 7) is 2.54. The molecular weight excluding hydrogens is 452 g/mol. The summed E-state index contributed by atoms with van der Waals surface area (Å²) in [7, 11) is 0. The average Bonchev–Trinajstić information content (AvgIpc) is 3.38. The Morgan fingerprint density at radius 1 is 1.24 bits per heavy atom. The maximum atomic E-state index is 13.5. The molecule has 0 saturated carbocycles. The molecule has 4 rings (SSSR count). The summed E-state index contributed by atoms with van der Waals surface area (Å²) in [6.07, 6.45) is 2.87. The monoisotopic (exact) mass is 476 g/mol. The van der Waals surface area contributed by atoms with Gasteiger partial charge in [-0.15, -0.1) is 11.3 Å². The molecule has 2 aliphatic rings. The van der Waals surface area contributed by atoms with Gasteiger partial charge in [-0.2, -0.15) is 0 Å². The number of hydrogen-bond donors (Lipinski definition) is 0. The first-order valence-electron chi connectivity index (χ1n) is 10.1. The van der Waals surface area contributed by atoms with Gasteiger partial charge in [0.1, 0.15) is 0 Å². The van der Waals surface area contributed by atoms with Crippen molar-refractivity contribution in [1.82, 2.24) is 4.90 Å². The summed E-state index contributed by atoms with van der Waals surface area (Å²) in [5, 5.41) is 2.07. The Balaban J connectivity index is 1.48. The number of amides is 2. The molecule has 29 heavy (non-hydrogen) atoms. The molecular formula is C22H25BrN2O3S. The number of ether oxygens (including phenoxy) is 1. The maximum absolute atomic E-state index is 13.5. The molecule has 0 spiro atoms. The molecule has 1 aromatic carbocycles. The number of halogens is 1. The van der Waals surface area contributed by atoms with Crippen molar-refractivity contribution in [2.24, 2.45) is 5.92 Å². The number of benzene rings is 1. The van der Waals surface area contributed by atoms with Crippen LogP contribution in [0.3, 0.4) is 0 Å². The Hall–Kier alpha value is -1.70. The fraction of sp³-hybridized carbons (Fsp3) is 0.455. The van der Waals surface area contributed by atoms with Crippen LogP contribution in [0.5, 0.6) is 0 Å². The van der Waals surface area contributed by atoms with E-state index in [9.17, 15) is 9.59 Å². The van der Waals surface area contributed by atoms with Gasteiger partial charge in [-0.05, 0) is 48.9 Å². The van der Waals surface area contributed by atoms with E-state index >= 15 is 0 Å². The van der Waals surface area contributed by atoms with Crippen molar-refractivity contribution < 1.29 is 14.3 Å². The summed E-state index contributed by atoms with van der Waals surface area (Å²) < 4.78 is 6.43. The Morgan fingerprint density at radius 2 is 2.07 bits per heavy atom. The predicted octanol–water partition coefficient (Wildman–Crippen LogP) is 4.11. The Kier molecular flexibility index (Phi) is 6.67. The Bertz CT molecular complexity index is 852. The summed E-state index contributed by atoms with van der Waals surface area (Å²) >= 11 is 5.19. The summed E-state index contributed by atoms with van der Waals surface area (Å²) in [5.41, 5.74) is 0.843. The van der Waals surface area contributed by atoms with E-state index in [0.29, 0.717) is 26.3 Å². The van der Waals surface area contributed by atoms with Gasteiger partial charge in [0.05, 0.1) is 5.92 Å². The number of anilines is 1. The van der Waals surface area contributed by atoms with Crippen molar-refractivity contribution >= 4 is 44.8 Å². The van der Waals surface area contributed by atoms with Gasteiger partial charge in [0.25, 0.3) is 0 Å². The van der Waals surface area contributed by atoms with Crippen LogP contribution in [-0.4, -0.2) is 49.1 Å². The summed E-state index contributed by atoms with van der Waals surface area (Å²) in [4.78, 5) is 31.2. The largest absolute Gasteiger partial charge is 0.381 e. The van der Waals surface area contributed by atoms with Gasteiger partial charge >= 0.3 is 0 Å². The zero-order valence-corrected chi connectivity index (χ0v) is 18.7. The van der Waals surface area contributed by atoms with Crippen LogP contribution >= 0.6 is 27.3 Å². The van der Waals surface area contributed by atoms with Crippen molar-refractivity contribution in [2.75, 3.05) is 31.2 Å². The van der Waals surface area contributed by atoms with Crippen LogP contribution in [0.2, 0.25) is 0 Å². The van der Waals surface area contributed by atoms with E-state index in [0.717, 1.165) is 29.4 Å².